The van der Waals surface area contributed by atoms with Gasteiger partial charge in [-0.05, 0) is 19.1 Å². The molecule has 0 fully saturated rings. The Balaban J connectivity index is 2.52. The van der Waals surface area contributed by atoms with Gasteiger partial charge in [0.25, 0.3) is 0 Å². The molecule has 16 heavy (non-hydrogen) atoms. The van der Waals surface area contributed by atoms with Crippen LogP contribution in [0.1, 0.15) is 13.0 Å². The number of ether oxygens (including phenoxy) is 1. The molecule has 0 spiro atoms. The lowest BCUT2D eigenvalue weighted by atomic mass is 10.2. The SMILES string of the molecule is COC(=O)C(C)n1nnc2ccc(O)cc21. The quantitative estimate of drug-likeness (QED) is 0.761. The van der Waals surface area contributed by atoms with Gasteiger partial charge in [0, 0.05) is 6.07 Å². The first-order valence-electron chi connectivity index (χ1n) is 4.75. The summed E-state index contributed by atoms with van der Waals surface area (Å²) < 4.78 is 6.04. The number of rotatable bonds is 2. The minimum absolute atomic E-state index is 0.105. The molecule has 0 aliphatic rings. The van der Waals surface area contributed by atoms with Gasteiger partial charge in [-0.25, -0.2) is 9.48 Å². The van der Waals surface area contributed by atoms with Crippen molar-refractivity contribution >= 4 is 17.0 Å². The molecule has 1 heterocycles. The van der Waals surface area contributed by atoms with Gasteiger partial charge in [0.1, 0.15) is 17.3 Å². The normalized spacial score (nSPS) is 12.6. The Labute approximate surface area is 91.4 Å². The Bertz CT molecular complexity index is 535. The van der Waals surface area contributed by atoms with E-state index in [0.29, 0.717) is 11.0 Å². The first kappa shape index (κ1) is 10.4. The van der Waals surface area contributed by atoms with Gasteiger partial charge >= 0.3 is 5.97 Å². The summed E-state index contributed by atoms with van der Waals surface area (Å²) >= 11 is 0. The van der Waals surface area contributed by atoms with Crippen LogP contribution in [0.15, 0.2) is 18.2 Å². The van der Waals surface area contributed by atoms with Crippen LogP contribution < -0.4 is 0 Å². The number of phenols is 1. The number of carbonyl (C=O) groups is 1. The maximum absolute atomic E-state index is 11.4. The zero-order valence-corrected chi connectivity index (χ0v) is 8.91. The maximum Gasteiger partial charge on any atom is 0.330 e. The number of fused-ring (bicyclic) bond motifs is 1. The average molecular weight is 221 g/mol. The van der Waals surface area contributed by atoms with E-state index in [1.54, 1.807) is 13.0 Å². The van der Waals surface area contributed by atoms with Gasteiger partial charge in [-0.3, -0.25) is 0 Å². The molecule has 0 radical (unpaired) electrons. The standard InChI is InChI=1S/C10H11N3O3/c1-6(10(15)16-2)13-9-5-7(14)3-4-8(9)11-12-13/h3-6,14H,1-2H3. The second-order valence-electron chi connectivity index (χ2n) is 3.41. The summed E-state index contributed by atoms with van der Waals surface area (Å²) in [5.74, 6) is -0.303. The van der Waals surface area contributed by atoms with Crippen LogP contribution in [0.2, 0.25) is 0 Å². The second-order valence-corrected chi connectivity index (χ2v) is 3.41. The lowest BCUT2D eigenvalue weighted by molar-refractivity contribution is -0.144. The molecule has 6 nitrogen and oxygen atoms in total. The Morgan fingerprint density at radius 3 is 3.00 bits per heavy atom. The van der Waals surface area contributed by atoms with Gasteiger partial charge in [0.2, 0.25) is 0 Å². The lowest BCUT2D eigenvalue weighted by Gasteiger charge is -2.09. The highest BCUT2D eigenvalue weighted by molar-refractivity contribution is 5.80. The molecule has 1 N–H and O–H groups in total. The van der Waals surface area contributed by atoms with Crippen molar-refractivity contribution < 1.29 is 14.6 Å². The van der Waals surface area contributed by atoms with Crippen LogP contribution >= 0.6 is 0 Å². The molecule has 0 saturated carbocycles. The number of hydrogen-bond donors (Lipinski definition) is 1. The minimum Gasteiger partial charge on any atom is -0.508 e. The summed E-state index contributed by atoms with van der Waals surface area (Å²) in [5, 5.41) is 17.1. The predicted molar refractivity (Wildman–Crippen MR) is 55.9 cm³/mol. The maximum atomic E-state index is 11.4. The molecule has 1 atom stereocenters. The molecular formula is C10H11N3O3. The van der Waals surface area contributed by atoms with E-state index < -0.39 is 12.0 Å². The van der Waals surface area contributed by atoms with E-state index in [4.69, 9.17) is 0 Å². The molecule has 1 unspecified atom stereocenters. The fraction of sp³-hybridized carbons (Fsp3) is 0.300. The summed E-state index contributed by atoms with van der Waals surface area (Å²) in [6.07, 6.45) is 0. The number of benzene rings is 1. The third kappa shape index (κ3) is 1.58. The van der Waals surface area contributed by atoms with Crippen molar-refractivity contribution in [2.24, 2.45) is 0 Å². The second kappa shape index (κ2) is 3.80. The summed E-state index contributed by atoms with van der Waals surface area (Å²) in [4.78, 5) is 11.4. The van der Waals surface area contributed by atoms with Gasteiger partial charge in [-0.1, -0.05) is 5.21 Å². The highest BCUT2D eigenvalue weighted by Crippen LogP contribution is 2.20. The van der Waals surface area contributed by atoms with Crippen LogP contribution in [0.4, 0.5) is 0 Å². The average Bonchev–Trinajstić information content (AvgIpc) is 2.69. The number of carbonyl (C=O) groups excluding carboxylic acids is 1. The van der Waals surface area contributed by atoms with E-state index in [1.807, 2.05) is 0 Å². The van der Waals surface area contributed by atoms with Crippen LogP contribution in [0.3, 0.4) is 0 Å². The van der Waals surface area contributed by atoms with E-state index in [0.717, 1.165) is 0 Å². The smallest absolute Gasteiger partial charge is 0.330 e. The topological polar surface area (TPSA) is 77.2 Å². The summed E-state index contributed by atoms with van der Waals surface area (Å²) in [6.45, 7) is 1.66. The van der Waals surface area contributed by atoms with E-state index in [9.17, 15) is 9.90 Å². The molecule has 1 aromatic heterocycles. The molecule has 6 heteroatoms. The zero-order valence-electron chi connectivity index (χ0n) is 8.91. The Morgan fingerprint density at radius 2 is 2.31 bits per heavy atom. The van der Waals surface area contributed by atoms with Gasteiger partial charge < -0.3 is 9.84 Å². The van der Waals surface area contributed by atoms with Crippen molar-refractivity contribution in [1.29, 1.82) is 0 Å². The molecule has 84 valence electrons. The molecule has 0 aliphatic carbocycles. The van der Waals surface area contributed by atoms with Crippen molar-refractivity contribution in [3.8, 4) is 5.75 Å². The van der Waals surface area contributed by atoms with E-state index in [1.165, 1.54) is 23.9 Å². The van der Waals surface area contributed by atoms with Crippen molar-refractivity contribution in [3.63, 3.8) is 0 Å². The van der Waals surface area contributed by atoms with E-state index in [2.05, 4.69) is 15.0 Å². The molecular weight excluding hydrogens is 210 g/mol. The highest BCUT2D eigenvalue weighted by Gasteiger charge is 2.19. The number of hydrogen-bond acceptors (Lipinski definition) is 5. The van der Waals surface area contributed by atoms with Crippen LogP contribution in [0.25, 0.3) is 11.0 Å². The summed E-state index contributed by atoms with van der Waals surface area (Å²) in [5.41, 5.74) is 1.21. The Morgan fingerprint density at radius 1 is 1.56 bits per heavy atom. The molecule has 0 saturated heterocycles. The molecule has 2 aromatic rings. The third-order valence-electron chi connectivity index (χ3n) is 2.36. The van der Waals surface area contributed by atoms with Gasteiger partial charge in [0.15, 0.2) is 0 Å². The summed E-state index contributed by atoms with van der Waals surface area (Å²) in [6, 6.07) is 4.09. The monoisotopic (exact) mass is 221 g/mol. The first-order chi connectivity index (χ1) is 7.63. The number of aromatic nitrogens is 3. The van der Waals surface area contributed by atoms with E-state index >= 15 is 0 Å². The van der Waals surface area contributed by atoms with Gasteiger partial charge in [-0.2, -0.15) is 0 Å². The zero-order chi connectivity index (χ0) is 11.7. The largest absolute Gasteiger partial charge is 0.508 e. The molecule has 0 aliphatic heterocycles. The highest BCUT2D eigenvalue weighted by atomic mass is 16.5. The van der Waals surface area contributed by atoms with Crippen molar-refractivity contribution in [1.82, 2.24) is 15.0 Å². The molecule has 1 aromatic carbocycles. The van der Waals surface area contributed by atoms with Crippen LogP contribution in [-0.2, 0) is 9.53 Å². The number of aromatic hydroxyl groups is 1. The van der Waals surface area contributed by atoms with Crippen molar-refractivity contribution in [3.05, 3.63) is 18.2 Å². The van der Waals surface area contributed by atoms with Crippen molar-refractivity contribution in [2.45, 2.75) is 13.0 Å². The Hall–Kier alpha value is -2.11. The summed E-state index contributed by atoms with van der Waals surface area (Å²) in [7, 11) is 1.31. The van der Waals surface area contributed by atoms with Crippen molar-refractivity contribution in [2.75, 3.05) is 7.11 Å². The van der Waals surface area contributed by atoms with Crippen LogP contribution in [0, 0.1) is 0 Å². The van der Waals surface area contributed by atoms with Gasteiger partial charge in [-0.15, -0.1) is 5.10 Å². The third-order valence-corrected chi connectivity index (χ3v) is 2.36. The molecule has 0 amide bonds. The Kier molecular flexibility index (Phi) is 2.47. The number of esters is 1. The number of nitrogens with zero attached hydrogens (tertiary/aromatic N) is 3. The number of phenolic OH excluding ortho intramolecular Hbond substituents is 1. The van der Waals surface area contributed by atoms with Crippen LogP contribution in [0.5, 0.6) is 5.75 Å². The fourth-order valence-corrected chi connectivity index (χ4v) is 1.48. The first-order valence-corrected chi connectivity index (χ1v) is 4.75. The van der Waals surface area contributed by atoms with Crippen LogP contribution in [-0.4, -0.2) is 33.2 Å². The molecule has 0 bridgehead atoms. The fourth-order valence-electron chi connectivity index (χ4n) is 1.48. The van der Waals surface area contributed by atoms with E-state index in [-0.39, 0.29) is 5.75 Å². The predicted octanol–water partition coefficient (Wildman–Crippen LogP) is 0.871. The lowest BCUT2D eigenvalue weighted by Crippen LogP contribution is -2.18. The van der Waals surface area contributed by atoms with Gasteiger partial charge in [0.05, 0.1) is 12.6 Å². The molecule has 2 rings (SSSR count). The number of methoxy groups -OCH3 is 1. The minimum atomic E-state index is -0.572.